The van der Waals surface area contributed by atoms with Gasteiger partial charge in [-0.1, -0.05) is 41.4 Å². The predicted octanol–water partition coefficient (Wildman–Crippen LogP) is 3.99. The molecule has 1 saturated heterocycles. The van der Waals surface area contributed by atoms with Crippen LogP contribution in [0.25, 0.3) is 11.3 Å². The quantitative estimate of drug-likeness (QED) is 0.318. The smallest absolute Gasteiger partial charge is 0.390 e. The van der Waals surface area contributed by atoms with E-state index in [9.17, 15) is 14.9 Å². The lowest BCUT2D eigenvalue weighted by Crippen LogP contribution is -2.37. The number of H-pyrrole nitrogens is 1. The molecule has 2 heterocycles. The lowest BCUT2D eigenvalue weighted by Gasteiger charge is -2.33. The summed E-state index contributed by atoms with van der Waals surface area (Å²) in [7, 11) is 2.18. The van der Waals surface area contributed by atoms with E-state index in [2.05, 4.69) is 39.5 Å². The number of likely N-dealkylation sites (tertiary alicyclic amines) is 1. The molecule has 4 rings (SSSR count). The van der Waals surface area contributed by atoms with Crippen molar-refractivity contribution in [2.75, 3.05) is 25.5 Å². The first-order valence-corrected chi connectivity index (χ1v) is 12.0. The lowest BCUT2D eigenvalue weighted by atomic mass is 9.90. The van der Waals surface area contributed by atoms with Gasteiger partial charge in [0.25, 0.3) is 0 Å². The largest absolute Gasteiger partial charge is 0.432 e. The summed E-state index contributed by atoms with van der Waals surface area (Å²) >= 11 is 0. The van der Waals surface area contributed by atoms with Crippen LogP contribution in [0.5, 0.6) is 0 Å². The van der Waals surface area contributed by atoms with Gasteiger partial charge in [0.1, 0.15) is 11.9 Å². The normalized spacial score (nSPS) is 15.5. The highest BCUT2D eigenvalue weighted by Gasteiger charge is 2.22. The Morgan fingerprint density at radius 3 is 2.43 bits per heavy atom. The number of imidazole rings is 1. The number of hydrogen-bond donors (Lipinski definition) is 3. The van der Waals surface area contributed by atoms with Gasteiger partial charge in [-0.3, -0.25) is 4.79 Å². The number of rotatable bonds is 9. The van der Waals surface area contributed by atoms with Crippen LogP contribution in [0.1, 0.15) is 30.9 Å². The van der Waals surface area contributed by atoms with E-state index in [0.29, 0.717) is 30.6 Å². The highest BCUT2D eigenvalue weighted by atomic mass is 16.6. The molecule has 35 heavy (non-hydrogen) atoms. The van der Waals surface area contributed by atoms with Crippen LogP contribution in [0.2, 0.25) is 0 Å². The summed E-state index contributed by atoms with van der Waals surface area (Å²) in [6.45, 7) is 4.98. The maximum Gasteiger partial charge on any atom is 0.432 e. The Hall–Kier alpha value is -3.72. The minimum atomic E-state index is -0.561. The van der Waals surface area contributed by atoms with Crippen LogP contribution in [0.4, 0.5) is 11.6 Å². The number of aromatic nitrogens is 2. The molecule has 1 amide bonds. The van der Waals surface area contributed by atoms with Gasteiger partial charge in [0.15, 0.2) is 0 Å². The van der Waals surface area contributed by atoms with Gasteiger partial charge in [-0.2, -0.15) is 0 Å². The first-order chi connectivity index (χ1) is 16.9. The zero-order valence-electron chi connectivity index (χ0n) is 20.2. The number of benzene rings is 2. The molecule has 1 aliphatic heterocycles. The lowest BCUT2D eigenvalue weighted by molar-refractivity contribution is -0.393. The molecule has 9 heteroatoms. The second-order valence-corrected chi connectivity index (χ2v) is 9.30. The minimum Gasteiger partial charge on any atom is -0.390 e. The molecular formula is C26H32N6O3. The molecule has 0 bridgehead atoms. The SMILES string of the molecule is CC(Nc1ccc(CC(=O)NCc2ccc(-c3cnc([N+](=O)[O-])[nH]3)cc2)cc1)C1CCN(C)CC1. The summed E-state index contributed by atoms with van der Waals surface area (Å²) in [5.41, 5.74) is 4.36. The molecule has 0 aliphatic carbocycles. The molecule has 2 aromatic carbocycles. The van der Waals surface area contributed by atoms with Gasteiger partial charge in [0.2, 0.25) is 5.91 Å². The Morgan fingerprint density at radius 2 is 1.80 bits per heavy atom. The number of carbonyl (C=O) groups is 1. The van der Waals surface area contributed by atoms with Gasteiger partial charge in [-0.15, -0.1) is 0 Å². The minimum absolute atomic E-state index is 0.0429. The molecule has 1 atom stereocenters. The number of anilines is 1. The van der Waals surface area contributed by atoms with Gasteiger partial charge in [0, 0.05) is 23.8 Å². The second kappa shape index (κ2) is 11.1. The van der Waals surface area contributed by atoms with Crippen molar-refractivity contribution in [3.05, 3.63) is 76.0 Å². The van der Waals surface area contributed by atoms with Crippen LogP contribution in [0.15, 0.2) is 54.7 Å². The zero-order valence-corrected chi connectivity index (χ0v) is 20.2. The number of nitrogens with one attached hydrogen (secondary N) is 3. The molecule has 184 valence electrons. The van der Waals surface area contributed by atoms with E-state index in [0.717, 1.165) is 35.5 Å². The summed E-state index contributed by atoms with van der Waals surface area (Å²) in [6, 6.07) is 16.0. The Labute approximate surface area is 205 Å². The third-order valence-electron chi connectivity index (χ3n) is 6.67. The Morgan fingerprint density at radius 1 is 1.14 bits per heavy atom. The van der Waals surface area contributed by atoms with E-state index in [1.54, 1.807) is 0 Å². The van der Waals surface area contributed by atoms with Gasteiger partial charge in [-0.05, 0) is 74.0 Å². The van der Waals surface area contributed by atoms with Crippen molar-refractivity contribution in [3.8, 4) is 11.3 Å². The summed E-state index contributed by atoms with van der Waals surface area (Å²) in [6.07, 6.45) is 4.19. The highest BCUT2D eigenvalue weighted by molar-refractivity contribution is 5.78. The molecule has 1 unspecified atom stereocenters. The number of carbonyl (C=O) groups excluding carboxylic acids is 1. The van der Waals surface area contributed by atoms with Crippen LogP contribution in [-0.4, -0.2) is 51.9 Å². The summed E-state index contributed by atoms with van der Waals surface area (Å²) < 4.78 is 0. The van der Waals surface area contributed by atoms with Crippen molar-refractivity contribution in [2.45, 2.75) is 38.8 Å². The number of piperidine rings is 1. The Balaban J connectivity index is 1.23. The number of aromatic amines is 1. The topological polar surface area (TPSA) is 116 Å². The molecule has 1 fully saturated rings. The highest BCUT2D eigenvalue weighted by Crippen LogP contribution is 2.23. The molecule has 9 nitrogen and oxygen atoms in total. The van der Waals surface area contributed by atoms with Gasteiger partial charge in [0.05, 0.1) is 6.42 Å². The van der Waals surface area contributed by atoms with Crippen molar-refractivity contribution < 1.29 is 9.72 Å². The second-order valence-electron chi connectivity index (χ2n) is 9.30. The number of amides is 1. The number of nitrogens with zero attached hydrogens (tertiary/aromatic N) is 3. The van der Waals surface area contributed by atoms with E-state index >= 15 is 0 Å². The van der Waals surface area contributed by atoms with Crippen LogP contribution in [-0.2, 0) is 17.8 Å². The molecule has 3 aromatic rings. The van der Waals surface area contributed by atoms with Crippen molar-refractivity contribution >= 4 is 17.5 Å². The molecule has 0 saturated carbocycles. The first kappa shape index (κ1) is 24.4. The predicted molar refractivity (Wildman–Crippen MR) is 136 cm³/mol. The monoisotopic (exact) mass is 476 g/mol. The summed E-state index contributed by atoms with van der Waals surface area (Å²) in [4.78, 5) is 31.4. The molecule has 0 spiro atoms. The van der Waals surface area contributed by atoms with Crippen molar-refractivity contribution in [1.29, 1.82) is 0 Å². The van der Waals surface area contributed by atoms with Crippen molar-refractivity contribution in [3.63, 3.8) is 0 Å². The fourth-order valence-electron chi connectivity index (χ4n) is 4.43. The molecule has 3 N–H and O–H groups in total. The third kappa shape index (κ3) is 6.66. The van der Waals surface area contributed by atoms with Crippen molar-refractivity contribution in [1.82, 2.24) is 20.2 Å². The van der Waals surface area contributed by atoms with Gasteiger partial charge < -0.3 is 25.6 Å². The van der Waals surface area contributed by atoms with Crippen LogP contribution >= 0.6 is 0 Å². The molecule has 1 aliphatic rings. The average molecular weight is 477 g/mol. The molecule has 0 radical (unpaired) electrons. The molecule has 1 aromatic heterocycles. The van der Waals surface area contributed by atoms with Crippen LogP contribution in [0.3, 0.4) is 0 Å². The van der Waals surface area contributed by atoms with E-state index in [4.69, 9.17) is 0 Å². The van der Waals surface area contributed by atoms with E-state index in [1.807, 2.05) is 48.5 Å². The van der Waals surface area contributed by atoms with E-state index < -0.39 is 4.92 Å². The zero-order chi connectivity index (χ0) is 24.8. The summed E-state index contributed by atoms with van der Waals surface area (Å²) in [5.74, 6) is 0.356. The maximum absolute atomic E-state index is 12.4. The van der Waals surface area contributed by atoms with Crippen LogP contribution < -0.4 is 10.6 Å². The third-order valence-corrected chi connectivity index (χ3v) is 6.67. The van der Waals surface area contributed by atoms with E-state index in [1.165, 1.54) is 19.0 Å². The van der Waals surface area contributed by atoms with Crippen LogP contribution in [0, 0.1) is 16.0 Å². The van der Waals surface area contributed by atoms with Crippen molar-refractivity contribution in [2.24, 2.45) is 5.92 Å². The fourth-order valence-corrected chi connectivity index (χ4v) is 4.43. The average Bonchev–Trinajstić information content (AvgIpc) is 3.36. The van der Waals surface area contributed by atoms with Gasteiger partial charge in [-0.25, -0.2) is 4.98 Å². The summed E-state index contributed by atoms with van der Waals surface area (Å²) in [5, 5.41) is 17.3. The van der Waals surface area contributed by atoms with Gasteiger partial charge >= 0.3 is 5.95 Å². The maximum atomic E-state index is 12.4. The fraction of sp³-hybridized carbons (Fsp3) is 0.385. The Bertz CT molecular complexity index is 1130. The molecular weight excluding hydrogens is 444 g/mol. The number of nitro groups is 1. The first-order valence-electron chi connectivity index (χ1n) is 12.0. The number of hydrogen-bond acceptors (Lipinski definition) is 6. The standard InChI is InChI=1S/C26H32N6O3/c1-18(21-11-13-31(2)14-12-21)29-23-9-5-19(6-10-23)15-25(33)27-16-20-3-7-22(8-4-20)24-17-28-26(30-24)32(34)35/h3-10,17-18,21,29H,11-16H2,1-2H3,(H,27,33)(H,28,30). The Kier molecular flexibility index (Phi) is 7.77. The van der Waals surface area contributed by atoms with E-state index in [-0.39, 0.29) is 11.9 Å².